The van der Waals surface area contributed by atoms with Crippen LogP contribution in [0.5, 0.6) is 0 Å². The molecule has 0 unspecified atom stereocenters. The minimum atomic E-state index is -0.674. The van der Waals surface area contributed by atoms with Crippen LogP contribution in [0.4, 0.5) is 5.69 Å². The third kappa shape index (κ3) is 2.11. The molecule has 0 aliphatic heterocycles. The topological polar surface area (TPSA) is 112 Å². The lowest BCUT2D eigenvalue weighted by molar-refractivity contribution is -0.384. The van der Waals surface area contributed by atoms with Gasteiger partial charge in [0.15, 0.2) is 5.69 Å². The van der Waals surface area contributed by atoms with Gasteiger partial charge in [0.2, 0.25) is 0 Å². The minimum Gasteiger partial charge on any atom is -0.364 e. The normalized spacial score (nSPS) is 10.1. The third-order valence-electron chi connectivity index (χ3n) is 2.07. The summed E-state index contributed by atoms with van der Waals surface area (Å²) in [4.78, 5) is 21.0. The fourth-order valence-electron chi connectivity index (χ4n) is 1.28. The Morgan fingerprint density at radius 3 is 2.47 bits per heavy atom. The van der Waals surface area contributed by atoms with Crippen molar-refractivity contribution in [1.82, 2.24) is 8.75 Å². The number of aromatic nitrogens is 2. The highest BCUT2D eigenvalue weighted by Gasteiger charge is 2.16. The van der Waals surface area contributed by atoms with Crippen molar-refractivity contribution in [2.45, 2.75) is 0 Å². The molecule has 1 aromatic carbocycles. The molecule has 0 bridgehead atoms. The lowest BCUT2D eigenvalue weighted by atomic mass is 10.1. The molecule has 0 aliphatic carbocycles. The van der Waals surface area contributed by atoms with Crippen molar-refractivity contribution in [2.75, 3.05) is 0 Å². The third-order valence-corrected chi connectivity index (χ3v) is 2.60. The molecule has 0 saturated heterocycles. The molecule has 2 rings (SSSR count). The maximum absolute atomic E-state index is 11.0. The van der Waals surface area contributed by atoms with Crippen LogP contribution in [0.15, 0.2) is 24.3 Å². The summed E-state index contributed by atoms with van der Waals surface area (Å²) in [5.41, 5.74) is 6.09. The molecule has 1 amide bonds. The number of non-ortho nitro benzene ring substituents is 1. The van der Waals surface area contributed by atoms with Crippen LogP contribution in [0.3, 0.4) is 0 Å². The molecule has 86 valence electrons. The van der Waals surface area contributed by atoms with Crippen molar-refractivity contribution in [1.29, 1.82) is 0 Å². The number of carbonyl (C=O) groups is 1. The van der Waals surface area contributed by atoms with Gasteiger partial charge in [0, 0.05) is 17.7 Å². The van der Waals surface area contributed by atoms with Gasteiger partial charge in [-0.1, -0.05) is 0 Å². The van der Waals surface area contributed by atoms with Gasteiger partial charge in [0.05, 0.1) is 16.7 Å². The number of primary amides is 1. The van der Waals surface area contributed by atoms with E-state index in [-0.39, 0.29) is 11.4 Å². The molecule has 2 aromatic rings. The first-order valence-corrected chi connectivity index (χ1v) is 5.20. The molecule has 0 radical (unpaired) electrons. The predicted octanol–water partition coefficient (Wildman–Crippen LogP) is 1.21. The van der Waals surface area contributed by atoms with Crippen molar-refractivity contribution in [3.63, 3.8) is 0 Å². The van der Waals surface area contributed by atoms with E-state index in [0.29, 0.717) is 11.3 Å². The van der Waals surface area contributed by atoms with Crippen molar-refractivity contribution < 1.29 is 9.72 Å². The zero-order valence-corrected chi connectivity index (χ0v) is 9.18. The van der Waals surface area contributed by atoms with Gasteiger partial charge in [0.25, 0.3) is 11.6 Å². The van der Waals surface area contributed by atoms with E-state index < -0.39 is 10.8 Å². The maximum atomic E-state index is 11.0. The van der Waals surface area contributed by atoms with Crippen LogP contribution in [-0.2, 0) is 0 Å². The Bertz CT molecular complexity index is 578. The SMILES string of the molecule is NC(=O)c1nsnc1-c1ccc([N+](=O)[O-])cc1. The molecule has 1 aromatic heterocycles. The second kappa shape index (κ2) is 4.26. The molecule has 0 saturated carbocycles. The van der Waals surface area contributed by atoms with Crippen LogP contribution in [0, 0.1) is 10.1 Å². The average Bonchev–Trinajstić information content (AvgIpc) is 2.78. The molecule has 0 atom stereocenters. The number of nitrogens with two attached hydrogens (primary N) is 1. The summed E-state index contributed by atoms with van der Waals surface area (Å²) in [6.07, 6.45) is 0. The van der Waals surface area contributed by atoms with Crippen LogP contribution >= 0.6 is 11.7 Å². The summed E-state index contributed by atoms with van der Waals surface area (Å²) >= 11 is 0.865. The van der Waals surface area contributed by atoms with Gasteiger partial charge in [-0.15, -0.1) is 0 Å². The largest absolute Gasteiger partial charge is 0.364 e. The molecule has 7 nitrogen and oxygen atoms in total. The van der Waals surface area contributed by atoms with Crippen molar-refractivity contribution in [2.24, 2.45) is 5.73 Å². The van der Waals surface area contributed by atoms with Crippen molar-refractivity contribution in [3.05, 3.63) is 40.1 Å². The van der Waals surface area contributed by atoms with E-state index in [0.717, 1.165) is 11.7 Å². The Labute approximate surface area is 99.4 Å². The van der Waals surface area contributed by atoms with E-state index >= 15 is 0 Å². The van der Waals surface area contributed by atoms with Crippen LogP contribution in [0.25, 0.3) is 11.3 Å². The number of hydrogen-bond acceptors (Lipinski definition) is 6. The summed E-state index contributed by atoms with van der Waals surface area (Å²) in [6, 6.07) is 5.67. The van der Waals surface area contributed by atoms with Gasteiger partial charge in [-0.25, -0.2) is 0 Å². The van der Waals surface area contributed by atoms with Crippen molar-refractivity contribution >= 4 is 23.3 Å². The summed E-state index contributed by atoms with van der Waals surface area (Å²) in [6.45, 7) is 0. The van der Waals surface area contributed by atoms with E-state index in [2.05, 4.69) is 8.75 Å². The summed E-state index contributed by atoms with van der Waals surface area (Å²) in [7, 11) is 0. The van der Waals surface area contributed by atoms with Crippen LogP contribution in [0.2, 0.25) is 0 Å². The fourth-order valence-corrected chi connectivity index (χ4v) is 1.85. The van der Waals surface area contributed by atoms with Gasteiger partial charge < -0.3 is 5.73 Å². The first-order valence-electron chi connectivity index (χ1n) is 4.47. The second-order valence-electron chi connectivity index (χ2n) is 3.13. The number of rotatable bonds is 3. The first-order chi connectivity index (χ1) is 8.09. The number of benzene rings is 1. The fraction of sp³-hybridized carbons (Fsp3) is 0. The monoisotopic (exact) mass is 250 g/mol. The Kier molecular flexibility index (Phi) is 2.79. The number of hydrogen-bond donors (Lipinski definition) is 1. The smallest absolute Gasteiger partial charge is 0.270 e. The standard InChI is InChI=1S/C9H6N4O3S/c10-9(14)8-7(11-17-12-8)5-1-3-6(4-2-5)13(15)16/h1-4H,(H2,10,14). The molecule has 0 fully saturated rings. The number of amides is 1. The molecular weight excluding hydrogens is 244 g/mol. The summed E-state index contributed by atoms with van der Waals surface area (Å²) < 4.78 is 7.71. The van der Waals surface area contributed by atoms with E-state index in [9.17, 15) is 14.9 Å². The van der Waals surface area contributed by atoms with Crippen LogP contribution < -0.4 is 5.73 Å². The zero-order valence-electron chi connectivity index (χ0n) is 8.36. The molecule has 2 N–H and O–H groups in total. The van der Waals surface area contributed by atoms with Crippen LogP contribution in [-0.4, -0.2) is 19.6 Å². The number of nitro benzene ring substituents is 1. The number of nitrogens with zero attached hydrogens (tertiary/aromatic N) is 3. The highest BCUT2D eigenvalue weighted by Crippen LogP contribution is 2.23. The quantitative estimate of drug-likeness (QED) is 0.649. The van der Waals surface area contributed by atoms with Gasteiger partial charge in [-0.2, -0.15) is 8.75 Å². The first kappa shape index (κ1) is 11.1. The second-order valence-corrected chi connectivity index (χ2v) is 3.66. The molecular formula is C9H6N4O3S. The predicted molar refractivity (Wildman–Crippen MR) is 60.5 cm³/mol. The Hall–Kier alpha value is -2.35. The molecule has 8 heteroatoms. The lowest BCUT2D eigenvalue weighted by Gasteiger charge is -1.97. The number of carbonyl (C=O) groups excluding carboxylic acids is 1. The van der Waals surface area contributed by atoms with E-state index in [1.54, 1.807) is 0 Å². The Morgan fingerprint density at radius 1 is 1.29 bits per heavy atom. The maximum Gasteiger partial charge on any atom is 0.270 e. The van der Waals surface area contributed by atoms with Gasteiger partial charge in [-0.05, 0) is 12.1 Å². The van der Waals surface area contributed by atoms with E-state index in [1.807, 2.05) is 0 Å². The summed E-state index contributed by atoms with van der Waals surface area (Å²) in [5, 5.41) is 10.5. The molecule has 0 aliphatic rings. The zero-order chi connectivity index (χ0) is 12.4. The molecule has 1 heterocycles. The highest BCUT2D eigenvalue weighted by molar-refractivity contribution is 6.99. The molecule has 17 heavy (non-hydrogen) atoms. The molecule has 0 spiro atoms. The number of nitro groups is 1. The highest BCUT2D eigenvalue weighted by atomic mass is 32.1. The Balaban J connectivity index is 2.43. The Morgan fingerprint density at radius 2 is 1.94 bits per heavy atom. The van der Waals surface area contributed by atoms with E-state index in [4.69, 9.17) is 5.73 Å². The van der Waals surface area contributed by atoms with Gasteiger partial charge >= 0.3 is 0 Å². The van der Waals surface area contributed by atoms with Gasteiger partial charge in [0.1, 0.15) is 5.69 Å². The van der Waals surface area contributed by atoms with Crippen LogP contribution in [0.1, 0.15) is 10.5 Å². The summed E-state index contributed by atoms with van der Waals surface area (Å²) in [5.74, 6) is -0.674. The minimum absolute atomic E-state index is 0.0300. The average molecular weight is 250 g/mol. The van der Waals surface area contributed by atoms with Gasteiger partial charge in [-0.3, -0.25) is 14.9 Å². The van der Waals surface area contributed by atoms with E-state index in [1.165, 1.54) is 24.3 Å². The van der Waals surface area contributed by atoms with Crippen molar-refractivity contribution in [3.8, 4) is 11.3 Å². The lowest BCUT2D eigenvalue weighted by Crippen LogP contribution is -2.12.